The molecular formula is C31H35N7O5. The van der Waals surface area contributed by atoms with E-state index in [1.54, 1.807) is 58.4 Å². The number of hydrogen-bond acceptors (Lipinski definition) is 7. The van der Waals surface area contributed by atoms with Gasteiger partial charge in [-0.25, -0.2) is 9.48 Å². The number of rotatable bonds is 9. The molecule has 0 saturated carbocycles. The number of carbonyl (C=O) groups is 3. The van der Waals surface area contributed by atoms with Gasteiger partial charge in [-0.3, -0.25) is 14.3 Å². The molecule has 3 heterocycles. The number of nitrogens with one attached hydrogen (secondary N) is 1. The quantitative estimate of drug-likeness (QED) is 0.312. The van der Waals surface area contributed by atoms with Gasteiger partial charge in [-0.2, -0.15) is 10.2 Å². The predicted molar refractivity (Wildman–Crippen MR) is 160 cm³/mol. The Morgan fingerprint density at radius 2 is 1.58 bits per heavy atom. The number of piperazine rings is 1. The summed E-state index contributed by atoms with van der Waals surface area (Å²) in [5.41, 5.74) is 3.50. The van der Waals surface area contributed by atoms with Gasteiger partial charge >= 0.3 is 6.09 Å². The van der Waals surface area contributed by atoms with Crippen molar-refractivity contribution in [3.8, 4) is 16.9 Å². The molecule has 0 aliphatic carbocycles. The van der Waals surface area contributed by atoms with Crippen LogP contribution in [0.1, 0.15) is 36.1 Å². The Labute approximate surface area is 249 Å². The maximum Gasteiger partial charge on any atom is 0.409 e. The zero-order valence-corrected chi connectivity index (χ0v) is 24.5. The van der Waals surface area contributed by atoms with Crippen LogP contribution >= 0.6 is 0 Å². The second-order valence-corrected chi connectivity index (χ2v) is 10.2. The average molecular weight is 586 g/mol. The Morgan fingerprint density at radius 3 is 2.28 bits per heavy atom. The lowest BCUT2D eigenvalue weighted by Crippen LogP contribution is -2.52. The van der Waals surface area contributed by atoms with Crippen LogP contribution in [0.25, 0.3) is 11.1 Å². The zero-order valence-electron chi connectivity index (χ0n) is 24.5. The molecule has 43 heavy (non-hydrogen) atoms. The number of hydrogen-bond donors (Lipinski definition) is 1. The van der Waals surface area contributed by atoms with Gasteiger partial charge in [0.15, 0.2) is 12.4 Å². The maximum absolute atomic E-state index is 13.1. The molecule has 0 spiro atoms. The first-order valence-corrected chi connectivity index (χ1v) is 14.2. The van der Waals surface area contributed by atoms with Gasteiger partial charge in [-0.05, 0) is 50.1 Å². The Bertz CT molecular complexity index is 1560. The van der Waals surface area contributed by atoms with E-state index in [2.05, 4.69) is 27.6 Å². The molecule has 12 nitrogen and oxygen atoms in total. The number of aryl methyl sites for hydroxylation is 1. The number of anilines is 1. The Balaban J connectivity index is 1.13. The first-order chi connectivity index (χ1) is 20.8. The number of aromatic nitrogens is 4. The number of ether oxygens (including phenoxy) is 2. The number of amides is 3. The van der Waals surface area contributed by atoms with Gasteiger partial charge in [-0.1, -0.05) is 42.5 Å². The molecule has 5 rings (SSSR count). The van der Waals surface area contributed by atoms with E-state index in [0.29, 0.717) is 49.9 Å². The standard InChI is InChI=1S/C31H35N7O5/c1-4-42-31(41)36-18-16-35(17-19-36)30(40)23(3)38-20-28(22(2)33-38)32-29(39)27-14-15-37(34-27)21-43-26-12-10-25(11-13-26)24-8-6-5-7-9-24/h5-15,20,23H,4,16-19,21H2,1-3H3,(H,32,39). The summed E-state index contributed by atoms with van der Waals surface area (Å²) in [6.45, 7) is 7.39. The van der Waals surface area contributed by atoms with Gasteiger partial charge < -0.3 is 24.6 Å². The van der Waals surface area contributed by atoms with Gasteiger partial charge in [0, 0.05) is 38.6 Å². The fourth-order valence-corrected chi connectivity index (χ4v) is 4.76. The molecule has 1 atom stereocenters. The van der Waals surface area contributed by atoms with Crippen LogP contribution in [0.15, 0.2) is 73.1 Å². The predicted octanol–water partition coefficient (Wildman–Crippen LogP) is 4.21. The molecule has 2 aromatic carbocycles. The minimum atomic E-state index is -0.586. The summed E-state index contributed by atoms with van der Waals surface area (Å²) in [5.74, 6) is 0.175. The van der Waals surface area contributed by atoms with E-state index in [9.17, 15) is 14.4 Å². The van der Waals surface area contributed by atoms with Crippen LogP contribution in [0.4, 0.5) is 10.5 Å². The van der Waals surface area contributed by atoms with Crippen LogP contribution in [0.2, 0.25) is 0 Å². The van der Waals surface area contributed by atoms with E-state index < -0.39 is 11.9 Å². The highest BCUT2D eigenvalue weighted by atomic mass is 16.6. The minimum Gasteiger partial charge on any atom is -0.471 e. The third-order valence-corrected chi connectivity index (χ3v) is 7.23. The first-order valence-electron chi connectivity index (χ1n) is 14.2. The van der Waals surface area contributed by atoms with E-state index in [-0.39, 0.29) is 24.4 Å². The summed E-state index contributed by atoms with van der Waals surface area (Å²) in [7, 11) is 0. The van der Waals surface area contributed by atoms with Crippen molar-refractivity contribution in [1.82, 2.24) is 29.4 Å². The van der Waals surface area contributed by atoms with Crippen molar-refractivity contribution in [1.29, 1.82) is 0 Å². The summed E-state index contributed by atoms with van der Waals surface area (Å²) in [5, 5.41) is 11.6. The molecule has 12 heteroatoms. The summed E-state index contributed by atoms with van der Waals surface area (Å²) < 4.78 is 14.0. The van der Waals surface area contributed by atoms with E-state index in [0.717, 1.165) is 11.1 Å². The molecule has 1 aliphatic heterocycles. The molecule has 1 unspecified atom stereocenters. The second-order valence-electron chi connectivity index (χ2n) is 10.2. The van der Waals surface area contributed by atoms with Gasteiger partial charge in [-0.15, -0.1) is 0 Å². The van der Waals surface area contributed by atoms with E-state index in [1.807, 2.05) is 42.5 Å². The lowest BCUT2D eigenvalue weighted by atomic mass is 10.1. The molecule has 4 aromatic rings. The Hall–Kier alpha value is -5.13. The monoisotopic (exact) mass is 585 g/mol. The fraction of sp³-hybridized carbons (Fsp3) is 0.323. The molecular weight excluding hydrogens is 550 g/mol. The summed E-state index contributed by atoms with van der Waals surface area (Å²) in [6.07, 6.45) is 2.95. The summed E-state index contributed by atoms with van der Waals surface area (Å²) >= 11 is 0. The van der Waals surface area contributed by atoms with Crippen molar-refractivity contribution >= 4 is 23.6 Å². The van der Waals surface area contributed by atoms with Crippen LogP contribution in [-0.2, 0) is 16.3 Å². The Morgan fingerprint density at radius 1 is 0.907 bits per heavy atom. The Kier molecular flexibility index (Phi) is 9.04. The highest BCUT2D eigenvalue weighted by Gasteiger charge is 2.29. The molecule has 1 saturated heterocycles. The maximum atomic E-state index is 13.1. The van der Waals surface area contributed by atoms with Gasteiger partial charge in [0.05, 0.1) is 18.0 Å². The van der Waals surface area contributed by atoms with Gasteiger partial charge in [0.2, 0.25) is 5.91 Å². The lowest BCUT2D eigenvalue weighted by Gasteiger charge is -2.35. The van der Waals surface area contributed by atoms with Gasteiger partial charge in [0.25, 0.3) is 5.91 Å². The third kappa shape index (κ3) is 7.03. The molecule has 1 N–H and O–H groups in total. The van der Waals surface area contributed by atoms with Crippen molar-refractivity contribution in [2.24, 2.45) is 0 Å². The van der Waals surface area contributed by atoms with Crippen molar-refractivity contribution in [3.05, 3.63) is 84.4 Å². The number of benzene rings is 2. The molecule has 224 valence electrons. The second kappa shape index (κ2) is 13.2. The number of carbonyl (C=O) groups excluding carboxylic acids is 3. The highest BCUT2D eigenvalue weighted by molar-refractivity contribution is 6.03. The molecule has 1 aliphatic rings. The smallest absolute Gasteiger partial charge is 0.409 e. The third-order valence-electron chi connectivity index (χ3n) is 7.23. The van der Waals surface area contributed by atoms with Crippen LogP contribution in [0.3, 0.4) is 0 Å². The highest BCUT2D eigenvalue weighted by Crippen LogP contribution is 2.23. The molecule has 2 aromatic heterocycles. The fourth-order valence-electron chi connectivity index (χ4n) is 4.76. The normalized spacial score (nSPS) is 13.8. The van der Waals surface area contributed by atoms with E-state index >= 15 is 0 Å². The minimum absolute atomic E-state index is 0.114. The van der Waals surface area contributed by atoms with Crippen molar-refractivity contribution in [2.75, 3.05) is 38.1 Å². The van der Waals surface area contributed by atoms with Crippen LogP contribution in [0, 0.1) is 6.92 Å². The molecule has 0 radical (unpaired) electrons. The molecule has 1 fully saturated rings. The van der Waals surface area contributed by atoms with Crippen LogP contribution < -0.4 is 10.1 Å². The van der Waals surface area contributed by atoms with Crippen LogP contribution in [0.5, 0.6) is 5.75 Å². The SMILES string of the molecule is CCOC(=O)N1CCN(C(=O)C(C)n2cc(NC(=O)c3ccn(COc4ccc(-c5ccccc5)cc4)n3)c(C)n2)CC1. The van der Waals surface area contributed by atoms with Crippen molar-refractivity contribution < 1.29 is 23.9 Å². The molecule has 3 amide bonds. The van der Waals surface area contributed by atoms with Crippen LogP contribution in [-0.4, -0.2) is 80.1 Å². The topological polar surface area (TPSA) is 124 Å². The van der Waals surface area contributed by atoms with Crippen molar-refractivity contribution in [3.63, 3.8) is 0 Å². The summed E-state index contributed by atoms with van der Waals surface area (Å²) in [6, 6.07) is 18.9. The average Bonchev–Trinajstić information content (AvgIpc) is 3.67. The van der Waals surface area contributed by atoms with Crippen molar-refractivity contribution in [2.45, 2.75) is 33.5 Å². The zero-order chi connectivity index (χ0) is 30.3. The van der Waals surface area contributed by atoms with E-state index in [4.69, 9.17) is 9.47 Å². The van der Waals surface area contributed by atoms with Gasteiger partial charge in [0.1, 0.15) is 11.8 Å². The molecule has 0 bridgehead atoms. The first kappa shape index (κ1) is 29.4. The lowest BCUT2D eigenvalue weighted by molar-refractivity contribution is -0.136. The summed E-state index contributed by atoms with van der Waals surface area (Å²) in [4.78, 5) is 41.3. The number of nitrogens with zero attached hydrogens (tertiary/aromatic N) is 6. The largest absolute Gasteiger partial charge is 0.471 e. The van der Waals surface area contributed by atoms with E-state index in [1.165, 1.54) is 0 Å².